The first-order valence-electron chi connectivity index (χ1n) is 14.2. The maximum Gasteiger partial charge on any atom is 2.00 e. The zero-order valence-electron chi connectivity index (χ0n) is 24.4. The molecule has 0 aromatic heterocycles. The molecule has 0 bridgehead atoms. The standard InChI is InChI=1S/C14H19.2C11H8O2.CH3.Ti/c1-10-11-6-2-4-8-13(11)14-9-5-3-7-12(10)14;2*12-11(13)10-7-3-5-8-4-1-2-6-9(8)10;;/h6,10H,2-5,7-9H2,1H3;2*1-7H,(H,12,13);1H3;/q-1;;;-1;+2. The third-order valence-electron chi connectivity index (χ3n) is 8.25. The van der Waals surface area contributed by atoms with E-state index in [1.165, 1.54) is 44.9 Å². The van der Waals surface area contributed by atoms with Crippen molar-refractivity contribution < 1.29 is 41.5 Å². The Morgan fingerprint density at radius 2 is 1.14 bits per heavy atom. The Labute approximate surface area is 264 Å². The second-order valence-corrected chi connectivity index (χ2v) is 10.6. The monoisotopic (exact) mass is 594 g/mol. The van der Waals surface area contributed by atoms with Gasteiger partial charge in [0.2, 0.25) is 0 Å². The van der Waals surface area contributed by atoms with E-state index < -0.39 is 11.9 Å². The van der Waals surface area contributed by atoms with Crippen molar-refractivity contribution >= 4 is 33.5 Å². The molecule has 0 aliphatic heterocycles. The summed E-state index contributed by atoms with van der Waals surface area (Å²) in [6.07, 6.45) is 12.2. The molecule has 0 amide bonds. The van der Waals surface area contributed by atoms with Crippen LogP contribution in [0.4, 0.5) is 0 Å². The van der Waals surface area contributed by atoms with Gasteiger partial charge in [0.15, 0.2) is 0 Å². The van der Waals surface area contributed by atoms with Crippen LogP contribution >= 0.6 is 0 Å². The maximum atomic E-state index is 10.8. The van der Waals surface area contributed by atoms with Crippen LogP contribution < -0.4 is 0 Å². The second-order valence-electron chi connectivity index (χ2n) is 10.6. The molecule has 2 N–H and O–H groups in total. The van der Waals surface area contributed by atoms with Crippen LogP contribution in [0, 0.1) is 19.8 Å². The fourth-order valence-electron chi connectivity index (χ4n) is 6.33. The van der Waals surface area contributed by atoms with Crippen LogP contribution in [0.5, 0.6) is 0 Å². The molecule has 3 aliphatic rings. The van der Waals surface area contributed by atoms with Gasteiger partial charge in [-0.3, -0.25) is 0 Å². The summed E-state index contributed by atoms with van der Waals surface area (Å²) in [5, 5.41) is 21.3. The second kappa shape index (κ2) is 15.0. The van der Waals surface area contributed by atoms with E-state index in [1.807, 2.05) is 60.7 Å². The molecule has 7 rings (SSSR count). The number of carboxylic acid groups (broad SMARTS) is 2. The van der Waals surface area contributed by atoms with E-state index in [2.05, 4.69) is 13.3 Å². The van der Waals surface area contributed by atoms with Crippen LogP contribution in [-0.2, 0) is 21.7 Å². The van der Waals surface area contributed by atoms with E-state index in [4.69, 9.17) is 10.2 Å². The van der Waals surface area contributed by atoms with E-state index in [0.717, 1.165) is 27.5 Å². The van der Waals surface area contributed by atoms with Gasteiger partial charge in [0, 0.05) is 0 Å². The Bertz CT molecular complexity index is 1500. The van der Waals surface area contributed by atoms with E-state index in [-0.39, 0.29) is 29.1 Å². The van der Waals surface area contributed by atoms with Crippen LogP contribution in [0.25, 0.3) is 21.5 Å². The first kappa shape index (κ1) is 32.9. The van der Waals surface area contributed by atoms with Crippen molar-refractivity contribution in [3.05, 3.63) is 132 Å². The van der Waals surface area contributed by atoms with E-state index in [0.29, 0.717) is 11.1 Å². The molecular weight excluding hydrogens is 556 g/mol. The summed E-state index contributed by atoms with van der Waals surface area (Å²) in [6.45, 7) is 2.42. The number of carboxylic acids is 2. The van der Waals surface area contributed by atoms with Crippen molar-refractivity contribution in [2.45, 2.75) is 51.9 Å². The molecule has 1 unspecified atom stereocenters. The minimum Gasteiger partial charge on any atom is -0.478 e. The van der Waals surface area contributed by atoms with Crippen molar-refractivity contribution in [1.29, 1.82) is 0 Å². The quantitative estimate of drug-likeness (QED) is 0.179. The molecule has 4 nitrogen and oxygen atoms in total. The van der Waals surface area contributed by atoms with Crippen LogP contribution in [0.15, 0.2) is 107 Å². The fraction of sp³-hybridized carbons (Fsp3) is 0.243. The summed E-state index contributed by atoms with van der Waals surface area (Å²) in [6, 6.07) is 25.5. The number of fused-ring (bicyclic) bond motifs is 3. The topological polar surface area (TPSA) is 74.6 Å². The predicted molar refractivity (Wildman–Crippen MR) is 168 cm³/mol. The summed E-state index contributed by atoms with van der Waals surface area (Å²) in [4.78, 5) is 21.6. The number of allylic oxidation sites excluding steroid dienone is 4. The molecule has 5 heteroatoms. The molecule has 3 aliphatic carbocycles. The van der Waals surface area contributed by atoms with Crippen LogP contribution in [0.3, 0.4) is 0 Å². The summed E-state index contributed by atoms with van der Waals surface area (Å²) in [5.41, 5.74) is 7.78. The Morgan fingerprint density at radius 3 is 1.69 bits per heavy atom. The predicted octanol–water partition coefficient (Wildman–Crippen LogP) is 9.72. The maximum absolute atomic E-state index is 10.8. The van der Waals surface area contributed by atoms with Crippen LogP contribution in [-0.4, -0.2) is 22.2 Å². The van der Waals surface area contributed by atoms with Crippen molar-refractivity contribution in [3.63, 3.8) is 0 Å². The van der Waals surface area contributed by atoms with Crippen LogP contribution in [0.1, 0.15) is 72.6 Å². The number of benzene rings is 4. The average molecular weight is 595 g/mol. The Hall–Kier alpha value is -3.60. The third-order valence-corrected chi connectivity index (χ3v) is 8.25. The summed E-state index contributed by atoms with van der Waals surface area (Å²) < 4.78 is 0. The minimum atomic E-state index is -0.878. The van der Waals surface area contributed by atoms with Gasteiger partial charge >= 0.3 is 33.7 Å². The first-order chi connectivity index (χ1) is 19.5. The Kier molecular flexibility index (Phi) is 11.8. The summed E-state index contributed by atoms with van der Waals surface area (Å²) in [7, 11) is 0. The van der Waals surface area contributed by atoms with Crippen molar-refractivity contribution in [2.24, 2.45) is 5.92 Å². The molecule has 0 saturated heterocycles. The summed E-state index contributed by atoms with van der Waals surface area (Å²) >= 11 is 0. The van der Waals surface area contributed by atoms with E-state index in [1.54, 1.807) is 46.6 Å². The largest absolute Gasteiger partial charge is 2.00 e. The van der Waals surface area contributed by atoms with Gasteiger partial charge in [0.05, 0.1) is 11.1 Å². The minimum absolute atomic E-state index is 0. The first-order valence-corrected chi connectivity index (χ1v) is 14.2. The van der Waals surface area contributed by atoms with Crippen molar-refractivity contribution in [1.82, 2.24) is 0 Å². The fourth-order valence-corrected chi connectivity index (χ4v) is 6.33. The van der Waals surface area contributed by atoms with Gasteiger partial charge < -0.3 is 17.6 Å². The Morgan fingerprint density at radius 1 is 0.667 bits per heavy atom. The van der Waals surface area contributed by atoms with Gasteiger partial charge in [0.25, 0.3) is 0 Å². The summed E-state index contributed by atoms with van der Waals surface area (Å²) in [5.74, 6) is -0.978. The third kappa shape index (κ3) is 7.06. The molecule has 4 aromatic rings. The molecule has 1 atom stereocenters. The van der Waals surface area contributed by atoms with Gasteiger partial charge in [-0.25, -0.2) is 21.6 Å². The SMILES string of the molecule is CC1C2=C(CCC[CH-]2)C2=C1CCCC2.O=C(O)c1cccc2ccccc12.O=C(O)c1cccc2ccccc12.[CH3-].[Ti+2]. The van der Waals surface area contributed by atoms with Crippen LogP contribution in [0.2, 0.25) is 0 Å². The number of carbonyl (C=O) groups is 2. The molecule has 0 radical (unpaired) electrons. The number of hydrogen-bond acceptors (Lipinski definition) is 2. The normalized spacial score (nSPS) is 16.7. The van der Waals surface area contributed by atoms with Gasteiger partial charge in [-0.1, -0.05) is 105 Å². The number of rotatable bonds is 2. The molecule has 0 spiro atoms. The van der Waals surface area contributed by atoms with E-state index in [9.17, 15) is 9.59 Å². The molecule has 0 heterocycles. The molecule has 42 heavy (non-hydrogen) atoms. The van der Waals surface area contributed by atoms with Gasteiger partial charge in [-0.15, -0.1) is 12.0 Å². The molecule has 0 saturated carbocycles. The number of hydrogen-bond donors (Lipinski definition) is 2. The molecule has 214 valence electrons. The van der Waals surface area contributed by atoms with Gasteiger partial charge in [0.1, 0.15) is 0 Å². The Balaban J connectivity index is 0.000000169. The van der Waals surface area contributed by atoms with Crippen molar-refractivity contribution in [2.75, 3.05) is 0 Å². The zero-order chi connectivity index (χ0) is 28.1. The smallest absolute Gasteiger partial charge is 0.478 e. The van der Waals surface area contributed by atoms with E-state index >= 15 is 0 Å². The zero-order valence-corrected chi connectivity index (χ0v) is 26.0. The molecule has 4 aromatic carbocycles. The molecule has 0 fully saturated rings. The average Bonchev–Trinajstić information content (AvgIpc) is 3.29. The van der Waals surface area contributed by atoms with Gasteiger partial charge in [-0.2, -0.15) is 5.57 Å². The molecular formula is C37H38O4Ti. The number of aromatic carboxylic acids is 2. The van der Waals surface area contributed by atoms with Gasteiger partial charge in [-0.05, 0) is 58.9 Å². The van der Waals surface area contributed by atoms with Crippen molar-refractivity contribution in [3.8, 4) is 0 Å².